The van der Waals surface area contributed by atoms with E-state index in [0.717, 1.165) is 11.5 Å². The van der Waals surface area contributed by atoms with Crippen molar-refractivity contribution in [1.82, 2.24) is 19.1 Å². The maximum absolute atomic E-state index is 7.79. The number of nitrogens with one attached hydrogen (secondary N) is 1. The monoisotopic (exact) mass is 177 g/mol. The van der Waals surface area contributed by atoms with Gasteiger partial charge in [0.25, 0.3) is 0 Å². The van der Waals surface area contributed by atoms with Crippen LogP contribution >= 0.6 is 0 Å². The van der Waals surface area contributed by atoms with E-state index in [1.54, 1.807) is 10.9 Å². The zero-order valence-corrected chi connectivity index (χ0v) is 7.87. The largest absolute Gasteiger partial charge is 0.318 e. The summed E-state index contributed by atoms with van der Waals surface area (Å²) in [4.78, 5) is 8.45. The molecule has 0 aliphatic carbocycles. The predicted octanol–water partition coefficient (Wildman–Crippen LogP) is 0.0947. The van der Waals surface area contributed by atoms with Crippen molar-refractivity contribution in [3.63, 3.8) is 0 Å². The molecule has 1 N–H and O–H groups in total. The van der Waals surface area contributed by atoms with E-state index < -0.39 is 0 Å². The van der Waals surface area contributed by atoms with Gasteiger partial charge in [-0.3, -0.25) is 5.41 Å². The Kier molecular flexibility index (Phi) is 1.48. The van der Waals surface area contributed by atoms with Crippen molar-refractivity contribution in [2.45, 2.75) is 6.92 Å². The zero-order valence-electron chi connectivity index (χ0n) is 7.87. The highest BCUT2D eigenvalue weighted by Crippen LogP contribution is 2.03. The first-order chi connectivity index (χ1) is 6.11. The molecule has 68 valence electrons. The van der Waals surface area contributed by atoms with Crippen LogP contribution in [0.4, 0.5) is 0 Å². The Morgan fingerprint density at radius 3 is 2.77 bits per heavy atom. The lowest BCUT2D eigenvalue weighted by atomic mass is 10.5. The first-order valence-electron chi connectivity index (χ1n) is 4.00. The van der Waals surface area contributed by atoms with Crippen LogP contribution in [0.15, 0.2) is 6.33 Å². The second-order valence-electron chi connectivity index (χ2n) is 3.09. The normalized spacial score (nSPS) is 11.0. The van der Waals surface area contributed by atoms with Crippen molar-refractivity contribution in [1.29, 1.82) is 5.41 Å². The molecule has 13 heavy (non-hydrogen) atoms. The summed E-state index contributed by atoms with van der Waals surface area (Å²) in [6.07, 6.45) is 1.68. The van der Waals surface area contributed by atoms with Gasteiger partial charge in [0.2, 0.25) is 0 Å². The Balaban J connectivity index is 3.05. The van der Waals surface area contributed by atoms with Gasteiger partial charge in [-0.1, -0.05) is 0 Å². The molecule has 0 amide bonds. The van der Waals surface area contributed by atoms with Gasteiger partial charge in [0.15, 0.2) is 11.1 Å². The second kappa shape index (κ2) is 2.42. The van der Waals surface area contributed by atoms with Crippen LogP contribution in [0.3, 0.4) is 0 Å². The van der Waals surface area contributed by atoms with Gasteiger partial charge < -0.3 is 9.13 Å². The van der Waals surface area contributed by atoms with Crippen molar-refractivity contribution in [3.05, 3.63) is 17.6 Å². The summed E-state index contributed by atoms with van der Waals surface area (Å²) in [5, 5.41) is 7.79. The molecule has 0 saturated carbocycles. The first-order valence-corrected chi connectivity index (χ1v) is 4.00. The Labute approximate surface area is 75.2 Å². The average molecular weight is 177 g/mol. The van der Waals surface area contributed by atoms with E-state index in [9.17, 15) is 0 Å². The molecule has 0 aliphatic rings. The SMILES string of the molecule is Cc1nc2c(ncn2C)c(=N)n1C. The highest BCUT2D eigenvalue weighted by atomic mass is 15.1. The molecular weight excluding hydrogens is 166 g/mol. The number of aromatic nitrogens is 4. The van der Waals surface area contributed by atoms with Crippen LogP contribution in [0.25, 0.3) is 11.2 Å². The summed E-state index contributed by atoms with van der Waals surface area (Å²) < 4.78 is 3.54. The molecule has 2 heterocycles. The zero-order chi connectivity index (χ0) is 9.59. The topological polar surface area (TPSA) is 59.5 Å². The van der Waals surface area contributed by atoms with Gasteiger partial charge in [0.1, 0.15) is 11.3 Å². The third kappa shape index (κ3) is 0.965. The molecule has 5 heteroatoms. The first kappa shape index (κ1) is 7.97. The highest BCUT2D eigenvalue weighted by molar-refractivity contribution is 5.68. The van der Waals surface area contributed by atoms with Gasteiger partial charge in [0.05, 0.1) is 6.33 Å². The van der Waals surface area contributed by atoms with E-state index in [2.05, 4.69) is 9.97 Å². The van der Waals surface area contributed by atoms with Crippen LogP contribution in [-0.4, -0.2) is 19.1 Å². The van der Waals surface area contributed by atoms with Crippen LogP contribution in [-0.2, 0) is 14.1 Å². The molecule has 2 rings (SSSR count). The lowest BCUT2D eigenvalue weighted by Gasteiger charge is -2.03. The Hall–Kier alpha value is -1.65. The van der Waals surface area contributed by atoms with Crippen molar-refractivity contribution in [2.75, 3.05) is 0 Å². The van der Waals surface area contributed by atoms with Gasteiger partial charge in [-0.15, -0.1) is 0 Å². The average Bonchev–Trinajstić information content (AvgIpc) is 2.45. The van der Waals surface area contributed by atoms with E-state index in [1.807, 2.05) is 25.6 Å². The van der Waals surface area contributed by atoms with E-state index in [4.69, 9.17) is 5.41 Å². The Morgan fingerprint density at radius 1 is 1.38 bits per heavy atom. The van der Waals surface area contributed by atoms with Crippen LogP contribution in [0.5, 0.6) is 0 Å². The van der Waals surface area contributed by atoms with Gasteiger partial charge in [-0.25, -0.2) is 9.97 Å². The van der Waals surface area contributed by atoms with Crippen LogP contribution in [0, 0.1) is 12.3 Å². The van der Waals surface area contributed by atoms with E-state index >= 15 is 0 Å². The van der Waals surface area contributed by atoms with Crippen molar-refractivity contribution in [3.8, 4) is 0 Å². The second-order valence-corrected chi connectivity index (χ2v) is 3.09. The number of hydrogen-bond donors (Lipinski definition) is 1. The number of nitrogens with zero attached hydrogens (tertiary/aromatic N) is 4. The Bertz CT molecular complexity index is 519. The predicted molar refractivity (Wildman–Crippen MR) is 48.1 cm³/mol. The van der Waals surface area contributed by atoms with Crippen LogP contribution in [0.1, 0.15) is 5.82 Å². The fourth-order valence-corrected chi connectivity index (χ4v) is 1.27. The summed E-state index contributed by atoms with van der Waals surface area (Å²) in [7, 11) is 3.69. The van der Waals surface area contributed by atoms with Gasteiger partial charge in [0, 0.05) is 14.1 Å². The number of rotatable bonds is 0. The van der Waals surface area contributed by atoms with E-state index in [1.165, 1.54) is 0 Å². The Morgan fingerprint density at radius 2 is 2.08 bits per heavy atom. The molecule has 0 spiro atoms. The van der Waals surface area contributed by atoms with Crippen molar-refractivity contribution in [2.24, 2.45) is 14.1 Å². The fourth-order valence-electron chi connectivity index (χ4n) is 1.27. The fraction of sp³-hybridized carbons (Fsp3) is 0.375. The summed E-state index contributed by atoms with van der Waals surface area (Å²) >= 11 is 0. The smallest absolute Gasteiger partial charge is 0.165 e. The van der Waals surface area contributed by atoms with E-state index in [0.29, 0.717) is 11.0 Å². The van der Waals surface area contributed by atoms with Gasteiger partial charge in [-0.05, 0) is 6.92 Å². The lowest BCUT2D eigenvalue weighted by Crippen LogP contribution is -2.21. The van der Waals surface area contributed by atoms with Gasteiger partial charge in [-0.2, -0.15) is 0 Å². The van der Waals surface area contributed by atoms with Crippen molar-refractivity contribution < 1.29 is 0 Å². The minimum atomic E-state index is 0.406. The third-order valence-electron chi connectivity index (χ3n) is 2.22. The molecule has 0 atom stereocenters. The van der Waals surface area contributed by atoms with Crippen LogP contribution < -0.4 is 5.49 Å². The summed E-state index contributed by atoms with van der Waals surface area (Å²) in [6, 6.07) is 0. The maximum atomic E-state index is 7.79. The lowest BCUT2D eigenvalue weighted by molar-refractivity contribution is 0.755. The minimum absolute atomic E-state index is 0.406. The minimum Gasteiger partial charge on any atom is -0.318 e. The summed E-state index contributed by atoms with van der Waals surface area (Å²) in [5.74, 6) is 0.820. The van der Waals surface area contributed by atoms with E-state index in [-0.39, 0.29) is 0 Å². The molecule has 0 aliphatic heterocycles. The third-order valence-corrected chi connectivity index (χ3v) is 2.22. The highest BCUT2D eigenvalue weighted by Gasteiger charge is 2.06. The maximum Gasteiger partial charge on any atom is 0.165 e. The molecule has 0 radical (unpaired) electrons. The standard InChI is InChI=1S/C8H11N5/c1-5-11-8-6(7(9)13(5)3)10-4-12(8)2/h4,9H,1-3H3. The van der Waals surface area contributed by atoms with Crippen molar-refractivity contribution >= 4 is 11.2 Å². The number of hydrogen-bond acceptors (Lipinski definition) is 3. The molecule has 0 aromatic carbocycles. The number of imidazole rings is 1. The molecule has 2 aromatic rings. The molecule has 5 nitrogen and oxygen atoms in total. The summed E-state index contributed by atoms with van der Waals surface area (Å²) in [5.41, 5.74) is 1.82. The molecule has 0 fully saturated rings. The number of aryl methyl sites for hydroxylation is 2. The molecule has 0 saturated heterocycles. The molecule has 2 aromatic heterocycles. The van der Waals surface area contributed by atoms with Gasteiger partial charge >= 0.3 is 0 Å². The quantitative estimate of drug-likeness (QED) is 0.620. The summed E-state index contributed by atoms with van der Waals surface area (Å²) in [6.45, 7) is 1.88. The molecular formula is C8H11N5. The van der Waals surface area contributed by atoms with Crippen LogP contribution in [0.2, 0.25) is 0 Å². The molecule has 0 bridgehead atoms. The molecule has 0 unspecified atom stereocenters. The number of fused-ring (bicyclic) bond motifs is 1.